The van der Waals surface area contributed by atoms with E-state index in [2.05, 4.69) is 29.7 Å². The van der Waals surface area contributed by atoms with E-state index in [9.17, 15) is 9.59 Å². The molecule has 0 N–H and O–H groups in total. The zero-order valence-electron chi connectivity index (χ0n) is 29.7. The molecule has 2 aromatic carbocycles. The van der Waals surface area contributed by atoms with E-state index in [4.69, 9.17) is 38.7 Å². The standard InChI is InChI=1S/C36H49N3O9Si/c1-25(38-39-37)14-12-18-29(46-34(40)26-15-10-9-11-16-26)33-30(47-36(2,3)48-33)19-13-17-27-22-28(43-5)23-31(45-24-42-4)32(27)35(41)44-20-21-49(6,7)8/h9-13,15-18,22-23,25,29-30,33H,14,19-21,24H2,1-8H3/b17-13+,18-12-/t25-,29?,30-,33+/m0/s1. The molecule has 1 heterocycles. The molecule has 13 heteroatoms. The lowest BCUT2D eigenvalue weighted by molar-refractivity contribution is -0.152. The number of hydrogen-bond donors (Lipinski definition) is 0. The monoisotopic (exact) mass is 695 g/mol. The SMILES string of the molecule is COCOc1cc(OC)cc(/C=C/C[C@@H]2OC(C)(C)O[C@@H]2C(/C=C\C[C@H](C)N=[N+]=[N-])OC(=O)c2ccccc2)c1C(=O)OCC[Si](C)(C)C. The molecular weight excluding hydrogens is 646 g/mol. The minimum atomic E-state index is -1.44. The van der Waals surface area contributed by atoms with Gasteiger partial charge in [-0.05, 0) is 68.1 Å². The van der Waals surface area contributed by atoms with Crippen molar-refractivity contribution in [1.82, 2.24) is 0 Å². The lowest BCUT2D eigenvalue weighted by Crippen LogP contribution is -2.37. The summed E-state index contributed by atoms with van der Waals surface area (Å²) in [6.45, 7) is 12.3. The molecule has 1 unspecified atom stereocenters. The Morgan fingerprint density at radius 3 is 2.47 bits per heavy atom. The van der Waals surface area contributed by atoms with Gasteiger partial charge in [0.2, 0.25) is 0 Å². The Bertz CT molecular complexity index is 1500. The summed E-state index contributed by atoms with van der Waals surface area (Å²) in [5.41, 5.74) is 9.96. The molecule has 3 rings (SSSR count). The van der Waals surface area contributed by atoms with Crippen molar-refractivity contribution in [3.8, 4) is 11.5 Å². The molecule has 4 atom stereocenters. The lowest BCUT2D eigenvalue weighted by Gasteiger charge is -2.24. The van der Waals surface area contributed by atoms with Crippen LogP contribution in [0, 0.1) is 0 Å². The molecule has 12 nitrogen and oxygen atoms in total. The van der Waals surface area contributed by atoms with Crippen LogP contribution in [0.1, 0.15) is 59.9 Å². The van der Waals surface area contributed by atoms with E-state index in [0.29, 0.717) is 36.3 Å². The summed E-state index contributed by atoms with van der Waals surface area (Å²) in [6.07, 6.45) is 5.92. The van der Waals surface area contributed by atoms with Crippen LogP contribution in [0.3, 0.4) is 0 Å². The summed E-state index contributed by atoms with van der Waals surface area (Å²) in [5, 5.41) is 3.72. The van der Waals surface area contributed by atoms with Crippen LogP contribution < -0.4 is 9.47 Å². The smallest absolute Gasteiger partial charge is 0.342 e. The summed E-state index contributed by atoms with van der Waals surface area (Å²) < 4.78 is 40.7. The van der Waals surface area contributed by atoms with E-state index < -0.39 is 44.1 Å². The van der Waals surface area contributed by atoms with Crippen LogP contribution in [-0.2, 0) is 23.7 Å². The van der Waals surface area contributed by atoms with E-state index in [1.807, 2.05) is 18.2 Å². The maximum absolute atomic E-state index is 13.5. The Morgan fingerprint density at radius 2 is 1.82 bits per heavy atom. The first-order valence-electron chi connectivity index (χ1n) is 16.3. The van der Waals surface area contributed by atoms with Crippen LogP contribution in [0.25, 0.3) is 16.5 Å². The number of azide groups is 1. The third-order valence-corrected chi connectivity index (χ3v) is 9.18. The first kappa shape index (κ1) is 39.3. The van der Waals surface area contributed by atoms with Gasteiger partial charge < -0.3 is 33.2 Å². The second-order valence-corrected chi connectivity index (χ2v) is 18.9. The predicted octanol–water partition coefficient (Wildman–Crippen LogP) is 7.97. The highest BCUT2D eigenvalue weighted by molar-refractivity contribution is 6.76. The fourth-order valence-corrected chi connectivity index (χ4v) is 5.73. The number of carbonyl (C=O) groups excluding carboxylic acids is 2. The van der Waals surface area contributed by atoms with Gasteiger partial charge in [0.25, 0.3) is 0 Å². The zero-order valence-corrected chi connectivity index (χ0v) is 30.7. The van der Waals surface area contributed by atoms with E-state index in [1.54, 1.807) is 69.3 Å². The van der Waals surface area contributed by atoms with Crippen molar-refractivity contribution in [2.24, 2.45) is 5.11 Å². The summed E-state index contributed by atoms with van der Waals surface area (Å²) >= 11 is 0. The van der Waals surface area contributed by atoms with Crippen molar-refractivity contribution in [3.05, 3.63) is 87.8 Å². The molecule has 2 aromatic rings. The maximum atomic E-state index is 13.5. The van der Waals surface area contributed by atoms with E-state index in [1.165, 1.54) is 14.2 Å². The average molecular weight is 696 g/mol. The molecule has 0 spiro atoms. The summed E-state index contributed by atoms with van der Waals surface area (Å²) in [6, 6.07) is 12.6. The molecule has 1 saturated heterocycles. The van der Waals surface area contributed by atoms with Crippen molar-refractivity contribution in [2.75, 3.05) is 27.6 Å². The molecule has 0 radical (unpaired) electrons. The zero-order chi connectivity index (χ0) is 36.0. The predicted molar refractivity (Wildman–Crippen MR) is 189 cm³/mol. The molecular formula is C36H49N3O9Si. The number of hydrogen-bond acceptors (Lipinski definition) is 10. The maximum Gasteiger partial charge on any atom is 0.342 e. The van der Waals surface area contributed by atoms with Gasteiger partial charge >= 0.3 is 11.9 Å². The van der Waals surface area contributed by atoms with Gasteiger partial charge in [-0.2, -0.15) is 0 Å². The molecule has 1 fully saturated rings. The van der Waals surface area contributed by atoms with E-state index >= 15 is 0 Å². The summed E-state index contributed by atoms with van der Waals surface area (Å²) in [7, 11) is 1.58. The van der Waals surface area contributed by atoms with Gasteiger partial charge in [0.1, 0.15) is 29.3 Å². The van der Waals surface area contributed by atoms with Gasteiger partial charge in [-0.15, -0.1) is 0 Å². The van der Waals surface area contributed by atoms with Crippen LogP contribution in [0.4, 0.5) is 0 Å². The number of carbonyl (C=O) groups is 2. The normalized spacial score (nSPS) is 18.5. The summed E-state index contributed by atoms with van der Waals surface area (Å²) in [4.78, 5) is 29.5. The Kier molecular flexibility index (Phi) is 14.9. The third-order valence-electron chi connectivity index (χ3n) is 7.48. The molecule has 0 amide bonds. The number of benzene rings is 2. The van der Waals surface area contributed by atoms with Crippen LogP contribution in [0.2, 0.25) is 25.7 Å². The second-order valence-electron chi connectivity index (χ2n) is 13.3. The van der Waals surface area contributed by atoms with E-state index in [-0.39, 0.29) is 24.1 Å². The number of methoxy groups -OCH3 is 2. The van der Waals surface area contributed by atoms with Gasteiger partial charge in [-0.25, -0.2) is 9.59 Å². The molecule has 0 aromatic heterocycles. The number of nitrogens with zero attached hydrogens (tertiary/aromatic N) is 3. The highest BCUT2D eigenvalue weighted by atomic mass is 28.3. The molecule has 1 aliphatic heterocycles. The fraction of sp³-hybridized carbons (Fsp3) is 0.500. The molecule has 0 saturated carbocycles. The Labute approximate surface area is 289 Å². The lowest BCUT2D eigenvalue weighted by atomic mass is 10.0. The fourth-order valence-electron chi connectivity index (χ4n) is 5.02. The molecule has 266 valence electrons. The molecule has 49 heavy (non-hydrogen) atoms. The Hall–Kier alpha value is -4.13. The molecule has 0 bridgehead atoms. The van der Waals surface area contributed by atoms with Crippen molar-refractivity contribution < 1.29 is 42.7 Å². The minimum absolute atomic E-state index is 0.0756. The second kappa shape index (κ2) is 18.6. The van der Waals surface area contributed by atoms with Gasteiger partial charge in [0.15, 0.2) is 12.6 Å². The van der Waals surface area contributed by atoms with Crippen molar-refractivity contribution in [2.45, 2.75) is 89.4 Å². The van der Waals surface area contributed by atoms with Crippen LogP contribution in [0.15, 0.2) is 65.8 Å². The number of esters is 2. The van der Waals surface area contributed by atoms with Crippen molar-refractivity contribution in [1.29, 1.82) is 0 Å². The topological polar surface area (TPSA) is 148 Å². The van der Waals surface area contributed by atoms with Crippen molar-refractivity contribution in [3.63, 3.8) is 0 Å². The highest BCUT2D eigenvalue weighted by Crippen LogP contribution is 2.35. The van der Waals surface area contributed by atoms with Crippen LogP contribution in [0.5, 0.6) is 11.5 Å². The van der Waals surface area contributed by atoms with Gasteiger partial charge in [-0.1, -0.05) is 68.1 Å². The quantitative estimate of drug-likeness (QED) is 0.0288. The molecule has 1 aliphatic rings. The third kappa shape index (κ3) is 12.7. The van der Waals surface area contributed by atoms with Gasteiger partial charge in [-0.3, -0.25) is 0 Å². The molecule has 0 aliphatic carbocycles. The van der Waals surface area contributed by atoms with Crippen LogP contribution >= 0.6 is 0 Å². The number of rotatable bonds is 18. The van der Waals surface area contributed by atoms with E-state index in [0.717, 1.165) is 6.04 Å². The largest absolute Gasteiger partial charge is 0.497 e. The minimum Gasteiger partial charge on any atom is -0.497 e. The van der Waals surface area contributed by atoms with Crippen molar-refractivity contribution >= 4 is 26.1 Å². The number of ether oxygens (including phenoxy) is 7. The first-order chi connectivity index (χ1) is 23.3. The van der Waals surface area contributed by atoms with Gasteiger partial charge in [0.05, 0.1) is 25.4 Å². The van der Waals surface area contributed by atoms with Gasteiger partial charge in [0, 0.05) is 32.2 Å². The average Bonchev–Trinajstić information content (AvgIpc) is 3.36. The summed E-state index contributed by atoms with van der Waals surface area (Å²) in [5.74, 6) is -1.25. The van der Waals surface area contributed by atoms with Crippen LogP contribution in [-0.4, -0.2) is 77.8 Å². The Balaban J connectivity index is 1.93. The Morgan fingerprint density at radius 1 is 1.08 bits per heavy atom. The highest BCUT2D eigenvalue weighted by Gasteiger charge is 2.45. The first-order valence-corrected chi connectivity index (χ1v) is 20.0.